The van der Waals surface area contributed by atoms with E-state index in [-0.39, 0.29) is 7.43 Å². The van der Waals surface area contributed by atoms with E-state index in [1.165, 1.54) is 21.9 Å². The summed E-state index contributed by atoms with van der Waals surface area (Å²) in [5.41, 5.74) is 0. The average molecular weight is 351 g/mol. The Kier molecular flexibility index (Phi) is 68.6. The van der Waals surface area contributed by atoms with Gasteiger partial charge < -0.3 is 14.0 Å². The van der Waals surface area contributed by atoms with E-state index < -0.39 is 0 Å². The third-order valence-electron chi connectivity index (χ3n) is 1.53. The quantitative estimate of drug-likeness (QED) is 0.609. The summed E-state index contributed by atoms with van der Waals surface area (Å²) in [4.78, 5) is 0. The van der Waals surface area contributed by atoms with Gasteiger partial charge in [-0.15, -0.1) is 0 Å². The first-order valence-corrected chi connectivity index (χ1v) is 8.10. The normalized spacial score (nSPS) is 6.56. The highest BCUT2D eigenvalue weighted by Gasteiger charge is 1.75. The molecule has 0 aliphatic heterocycles. The van der Waals surface area contributed by atoms with E-state index in [1.807, 2.05) is 100 Å². The van der Waals surface area contributed by atoms with Crippen LogP contribution in [0, 0.1) is 0 Å². The van der Waals surface area contributed by atoms with Crippen molar-refractivity contribution in [1.82, 2.24) is 0 Å². The number of ether oxygens (including phenoxy) is 1. The molecular formula is C21H40BO3. The molecule has 0 spiro atoms. The van der Waals surface area contributed by atoms with Gasteiger partial charge in [-0.2, -0.15) is 0 Å². The fraction of sp³-hybridized carbons (Fsp3) is 0.429. The van der Waals surface area contributed by atoms with E-state index in [1.54, 1.807) is 14.2 Å². The van der Waals surface area contributed by atoms with Gasteiger partial charge in [-0.05, 0) is 0 Å². The summed E-state index contributed by atoms with van der Waals surface area (Å²) in [5.74, 6) is 0. The van der Waals surface area contributed by atoms with Gasteiger partial charge in [0.05, 0.1) is 0 Å². The fourth-order valence-electron chi connectivity index (χ4n) is 0.866. The van der Waals surface area contributed by atoms with Crippen LogP contribution in [0.1, 0.15) is 35.1 Å². The molecule has 0 amide bonds. The maximum Gasteiger partial charge on any atom is 0.487 e. The first kappa shape index (κ1) is 34.7. The second-order valence-electron chi connectivity index (χ2n) is 3.29. The molecule has 2 aromatic carbocycles. The molecule has 4 heteroatoms. The highest BCUT2D eigenvalue weighted by molar-refractivity contribution is 6.17. The SMILES string of the molecule is C.CC.CC.COC.CO[B]OC.c1ccccc1.c1ccccc1. The Hall–Kier alpha value is -1.62. The van der Waals surface area contributed by atoms with Crippen molar-refractivity contribution in [3.63, 3.8) is 0 Å². The summed E-state index contributed by atoms with van der Waals surface area (Å²) in [5, 5.41) is 0. The minimum atomic E-state index is 0. The Balaban J connectivity index is -0.0000000673. The third-order valence-corrected chi connectivity index (χ3v) is 1.53. The molecule has 0 unspecified atom stereocenters. The Morgan fingerprint density at radius 3 is 0.600 bits per heavy atom. The average Bonchev–Trinajstić information content (AvgIpc) is 2.70. The summed E-state index contributed by atoms with van der Waals surface area (Å²) in [7, 11) is 7.56. The molecule has 25 heavy (non-hydrogen) atoms. The van der Waals surface area contributed by atoms with Gasteiger partial charge in [-0.1, -0.05) is 108 Å². The molecule has 0 heterocycles. The molecule has 145 valence electrons. The molecule has 0 saturated carbocycles. The van der Waals surface area contributed by atoms with Crippen molar-refractivity contribution in [2.75, 3.05) is 28.4 Å². The smallest absolute Gasteiger partial charge is 0.416 e. The molecule has 2 aromatic rings. The van der Waals surface area contributed by atoms with Crippen LogP contribution in [0.4, 0.5) is 0 Å². The summed E-state index contributed by atoms with van der Waals surface area (Å²) in [6.07, 6.45) is 0. The zero-order valence-electron chi connectivity index (χ0n) is 16.7. The second kappa shape index (κ2) is 49.5. The summed E-state index contributed by atoms with van der Waals surface area (Å²) in [6, 6.07) is 24.0. The fourth-order valence-corrected chi connectivity index (χ4v) is 0.866. The van der Waals surface area contributed by atoms with E-state index in [0.29, 0.717) is 0 Å². The Morgan fingerprint density at radius 1 is 0.440 bits per heavy atom. The predicted octanol–water partition coefficient (Wildman–Crippen LogP) is 6.14. The van der Waals surface area contributed by atoms with E-state index in [9.17, 15) is 0 Å². The molecule has 0 saturated heterocycles. The third kappa shape index (κ3) is 60.6. The highest BCUT2D eigenvalue weighted by Crippen LogP contribution is 1.80. The lowest BCUT2D eigenvalue weighted by Crippen LogP contribution is -1.93. The minimum absolute atomic E-state index is 0. The molecule has 0 fully saturated rings. The molecule has 0 bridgehead atoms. The number of benzene rings is 2. The molecule has 0 atom stereocenters. The molecule has 0 aromatic heterocycles. The highest BCUT2D eigenvalue weighted by atomic mass is 16.6. The lowest BCUT2D eigenvalue weighted by atomic mass is 10.4. The minimum Gasteiger partial charge on any atom is -0.416 e. The zero-order chi connectivity index (χ0) is 19.3. The van der Waals surface area contributed by atoms with Gasteiger partial charge in [0.25, 0.3) is 0 Å². The van der Waals surface area contributed by atoms with Crippen molar-refractivity contribution in [3.05, 3.63) is 72.8 Å². The van der Waals surface area contributed by atoms with Gasteiger partial charge in [-0.25, -0.2) is 0 Å². The summed E-state index contributed by atoms with van der Waals surface area (Å²) >= 11 is 0. The van der Waals surface area contributed by atoms with Gasteiger partial charge >= 0.3 is 7.69 Å². The van der Waals surface area contributed by atoms with Gasteiger partial charge in [0.1, 0.15) is 0 Å². The number of hydrogen-bond acceptors (Lipinski definition) is 3. The molecule has 2 rings (SSSR count). The van der Waals surface area contributed by atoms with E-state index in [2.05, 4.69) is 14.0 Å². The number of hydrogen-bond donors (Lipinski definition) is 0. The first-order valence-electron chi connectivity index (χ1n) is 8.10. The summed E-state index contributed by atoms with van der Waals surface area (Å²) < 4.78 is 12.9. The van der Waals surface area contributed by atoms with Crippen LogP contribution < -0.4 is 0 Å². The van der Waals surface area contributed by atoms with Crippen molar-refractivity contribution < 1.29 is 14.0 Å². The van der Waals surface area contributed by atoms with Crippen LogP contribution in [0.5, 0.6) is 0 Å². The second-order valence-corrected chi connectivity index (χ2v) is 3.29. The zero-order valence-corrected chi connectivity index (χ0v) is 16.7. The molecule has 0 aliphatic rings. The number of methoxy groups -OCH3 is 1. The van der Waals surface area contributed by atoms with Crippen LogP contribution in [0.25, 0.3) is 0 Å². The molecule has 1 radical (unpaired) electrons. The Labute approximate surface area is 158 Å². The van der Waals surface area contributed by atoms with E-state index >= 15 is 0 Å². The maximum atomic E-state index is 4.34. The Morgan fingerprint density at radius 2 is 0.560 bits per heavy atom. The Bertz CT molecular complexity index is 245. The summed E-state index contributed by atoms with van der Waals surface area (Å²) in [6.45, 7) is 8.00. The van der Waals surface area contributed by atoms with Gasteiger partial charge in [0.2, 0.25) is 0 Å². The van der Waals surface area contributed by atoms with Crippen molar-refractivity contribution >= 4 is 7.69 Å². The van der Waals surface area contributed by atoms with Gasteiger partial charge in [0, 0.05) is 28.4 Å². The molecular weight excluding hydrogens is 311 g/mol. The van der Waals surface area contributed by atoms with E-state index in [0.717, 1.165) is 0 Å². The van der Waals surface area contributed by atoms with Crippen LogP contribution in [-0.2, 0) is 14.0 Å². The molecule has 0 N–H and O–H groups in total. The topological polar surface area (TPSA) is 27.7 Å². The van der Waals surface area contributed by atoms with Crippen LogP contribution in [0.3, 0.4) is 0 Å². The van der Waals surface area contributed by atoms with Crippen LogP contribution in [-0.4, -0.2) is 36.1 Å². The standard InChI is InChI=1S/2C6H6.C2H6BO2.C2H6O.2C2H6.CH4/c2*1-2-4-6-5-3-1;1-4-3-5-2;1-3-2;2*1-2;/h2*1-6H;1-2H3;1-2H3;2*1-2H3;1H4. The van der Waals surface area contributed by atoms with Gasteiger partial charge in [0.15, 0.2) is 0 Å². The lowest BCUT2D eigenvalue weighted by Gasteiger charge is -1.82. The lowest BCUT2D eigenvalue weighted by molar-refractivity contribution is 0.277. The van der Waals surface area contributed by atoms with Crippen LogP contribution in [0.15, 0.2) is 72.8 Å². The molecule has 0 aliphatic carbocycles. The van der Waals surface area contributed by atoms with Crippen molar-refractivity contribution in [3.8, 4) is 0 Å². The maximum absolute atomic E-state index is 4.34. The van der Waals surface area contributed by atoms with Crippen LogP contribution >= 0.6 is 0 Å². The number of rotatable bonds is 2. The van der Waals surface area contributed by atoms with Gasteiger partial charge in [-0.3, -0.25) is 0 Å². The molecule has 3 nitrogen and oxygen atoms in total. The predicted molar refractivity (Wildman–Crippen MR) is 115 cm³/mol. The monoisotopic (exact) mass is 351 g/mol. The largest absolute Gasteiger partial charge is 0.487 e. The first-order chi connectivity index (χ1) is 11.8. The van der Waals surface area contributed by atoms with Crippen molar-refractivity contribution in [2.45, 2.75) is 35.1 Å². The van der Waals surface area contributed by atoms with E-state index in [4.69, 9.17) is 0 Å². The van der Waals surface area contributed by atoms with Crippen molar-refractivity contribution in [1.29, 1.82) is 0 Å². The van der Waals surface area contributed by atoms with Crippen LogP contribution in [0.2, 0.25) is 0 Å². The van der Waals surface area contributed by atoms with Crippen molar-refractivity contribution in [2.24, 2.45) is 0 Å².